The standard InChI is InChI=1S/C20H12F4N2O3/c21-17-10-9-14(11-18(17)26(28)29)25-19(27)16-4-2-1-3-15(16)12-5-7-13(8-6-12)20(22,23)24/h1-11H,(H,25,27). The van der Waals surface area contributed by atoms with Crippen LogP contribution >= 0.6 is 0 Å². The molecular formula is C20H12F4N2O3. The van der Waals surface area contributed by atoms with Crippen molar-refractivity contribution in [2.45, 2.75) is 6.18 Å². The summed E-state index contributed by atoms with van der Waals surface area (Å²) in [4.78, 5) is 22.6. The van der Waals surface area contributed by atoms with E-state index in [1.54, 1.807) is 18.2 Å². The Hall–Kier alpha value is -3.75. The molecule has 29 heavy (non-hydrogen) atoms. The fraction of sp³-hybridized carbons (Fsp3) is 0.0500. The maximum Gasteiger partial charge on any atom is 0.416 e. The number of nitrogens with zero attached hydrogens (tertiary/aromatic N) is 1. The number of hydrogen-bond donors (Lipinski definition) is 1. The maximum absolute atomic E-state index is 13.4. The van der Waals surface area contributed by atoms with Crippen molar-refractivity contribution in [1.29, 1.82) is 0 Å². The number of rotatable bonds is 4. The molecule has 0 atom stereocenters. The first-order valence-electron chi connectivity index (χ1n) is 8.19. The summed E-state index contributed by atoms with van der Waals surface area (Å²) in [7, 11) is 0. The Morgan fingerprint density at radius 2 is 1.62 bits per heavy atom. The van der Waals surface area contributed by atoms with Gasteiger partial charge in [-0.1, -0.05) is 30.3 Å². The molecule has 0 saturated carbocycles. The van der Waals surface area contributed by atoms with Gasteiger partial charge in [0.2, 0.25) is 5.82 Å². The van der Waals surface area contributed by atoms with Crippen molar-refractivity contribution >= 4 is 17.3 Å². The summed E-state index contributed by atoms with van der Waals surface area (Å²) in [6, 6.07) is 13.4. The fourth-order valence-electron chi connectivity index (χ4n) is 2.70. The second kappa shape index (κ2) is 7.70. The molecule has 0 aliphatic rings. The first-order valence-corrected chi connectivity index (χ1v) is 8.19. The number of benzene rings is 3. The Kier molecular flexibility index (Phi) is 5.31. The summed E-state index contributed by atoms with van der Waals surface area (Å²) in [5.74, 6) is -1.69. The molecule has 0 fully saturated rings. The van der Waals surface area contributed by atoms with Crippen LogP contribution in [-0.2, 0) is 6.18 Å². The average molecular weight is 404 g/mol. The van der Waals surface area contributed by atoms with Gasteiger partial charge in [-0.25, -0.2) is 0 Å². The van der Waals surface area contributed by atoms with Crippen LogP contribution in [0.4, 0.5) is 28.9 Å². The fourth-order valence-corrected chi connectivity index (χ4v) is 2.70. The smallest absolute Gasteiger partial charge is 0.322 e. The summed E-state index contributed by atoms with van der Waals surface area (Å²) >= 11 is 0. The van der Waals surface area contributed by atoms with E-state index in [-0.39, 0.29) is 11.3 Å². The van der Waals surface area contributed by atoms with Gasteiger partial charge in [-0.3, -0.25) is 14.9 Å². The number of halogens is 4. The number of nitrogens with one attached hydrogen (secondary N) is 1. The largest absolute Gasteiger partial charge is 0.416 e. The van der Waals surface area contributed by atoms with Gasteiger partial charge in [0.15, 0.2) is 0 Å². The zero-order chi connectivity index (χ0) is 21.2. The van der Waals surface area contributed by atoms with Crippen LogP contribution in [0.5, 0.6) is 0 Å². The lowest BCUT2D eigenvalue weighted by atomic mass is 9.98. The minimum absolute atomic E-state index is 0.00493. The molecule has 1 N–H and O–H groups in total. The van der Waals surface area contributed by atoms with Gasteiger partial charge in [0.05, 0.1) is 10.5 Å². The van der Waals surface area contributed by atoms with Crippen LogP contribution in [-0.4, -0.2) is 10.8 Å². The van der Waals surface area contributed by atoms with Crippen molar-refractivity contribution in [3.05, 3.63) is 93.8 Å². The molecule has 148 valence electrons. The molecule has 0 heterocycles. The molecule has 3 rings (SSSR count). The quantitative estimate of drug-likeness (QED) is 0.346. The normalized spacial score (nSPS) is 11.2. The van der Waals surface area contributed by atoms with Crippen LogP contribution in [0.25, 0.3) is 11.1 Å². The average Bonchev–Trinajstić information content (AvgIpc) is 2.68. The maximum atomic E-state index is 13.4. The molecule has 0 spiro atoms. The number of nitro groups is 1. The molecular weight excluding hydrogens is 392 g/mol. The number of anilines is 1. The van der Waals surface area contributed by atoms with E-state index in [2.05, 4.69) is 5.32 Å². The van der Waals surface area contributed by atoms with Crippen LogP contribution in [0.1, 0.15) is 15.9 Å². The van der Waals surface area contributed by atoms with Gasteiger partial charge >= 0.3 is 11.9 Å². The third-order valence-corrected chi connectivity index (χ3v) is 4.10. The summed E-state index contributed by atoms with van der Waals surface area (Å²) in [6.07, 6.45) is -4.48. The van der Waals surface area contributed by atoms with E-state index in [0.717, 1.165) is 24.3 Å². The van der Waals surface area contributed by atoms with E-state index in [1.165, 1.54) is 24.3 Å². The number of alkyl halides is 3. The first-order chi connectivity index (χ1) is 13.7. The van der Waals surface area contributed by atoms with Crippen molar-refractivity contribution in [2.24, 2.45) is 0 Å². The van der Waals surface area contributed by atoms with Crippen LogP contribution in [0.3, 0.4) is 0 Å². The molecule has 0 radical (unpaired) electrons. The van der Waals surface area contributed by atoms with E-state index in [9.17, 15) is 32.5 Å². The minimum Gasteiger partial charge on any atom is -0.322 e. The second-order valence-electron chi connectivity index (χ2n) is 6.00. The van der Waals surface area contributed by atoms with Crippen molar-refractivity contribution in [3.8, 4) is 11.1 Å². The summed E-state index contributed by atoms with van der Waals surface area (Å²) < 4.78 is 51.7. The monoisotopic (exact) mass is 404 g/mol. The number of amides is 1. The number of carbonyl (C=O) groups is 1. The van der Waals surface area contributed by atoms with Gasteiger partial charge in [-0.2, -0.15) is 17.6 Å². The third kappa shape index (κ3) is 4.40. The Morgan fingerprint density at radius 3 is 2.24 bits per heavy atom. The van der Waals surface area contributed by atoms with Gasteiger partial charge in [0.1, 0.15) is 0 Å². The molecule has 0 bridgehead atoms. The molecule has 0 aliphatic carbocycles. The van der Waals surface area contributed by atoms with Crippen molar-refractivity contribution in [2.75, 3.05) is 5.32 Å². The van der Waals surface area contributed by atoms with E-state index < -0.39 is 34.1 Å². The van der Waals surface area contributed by atoms with Crippen molar-refractivity contribution < 1.29 is 27.3 Å². The zero-order valence-corrected chi connectivity index (χ0v) is 14.5. The topological polar surface area (TPSA) is 72.2 Å². The van der Waals surface area contributed by atoms with Gasteiger partial charge in [0.25, 0.3) is 5.91 Å². The zero-order valence-electron chi connectivity index (χ0n) is 14.5. The first kappa shape index (κ1) is 20.0. The Morgan fingerprint density at radius 1 is 0.966 bits per heavy atom. The summed E-state index contributed by atoms with van der Waals surface area (Å²) in [5, 5.41) is 13.3. The Balaban J connectivity index is 1.92. The minimum atomic E-state index is -4.48. The van der Waals surface area contributed by atoms with Crippen LogP contribution in [0, 0.1) is 15.9 Å². The lowest BCUT2D eigenvalue weighted by molar-refractivity contribution is -0.387. The summed E-state index contributed by atoms with van der Waals surface area (Å²) in [6.45, 7) is 0. The van der Waals surface area contributed by atoms with Crippen LogP contribution < -0.4 is 5.32 Å². The molecule has 9 heteroatoms. The molecule has 3 aromatic rings. The number of carbonyl (C=O) groups excluding carboxylic acids is 1. The Bertz CT molecular complexity index is 1080. The van der Waals surface area contributed by atoms with Gasteiger partial charge in [-0.15, -0.1) is 0 Å². The molecule has 0 saturated heterocycles. The lowest BCUT2D eigenvalue weighted by Crippen LogP contribution is -2.13. The molecule has 0 unspecified atom stereocenters. The van der Waals surface area contributed by atoms with E-state index in [0.29, 0.717) is 11.1 Å². The lowest BCUT2D eigenvalue weighted by Gasteiger charge is -2.12. The highest BCUT2D eigenvalue weighted by atomic mass is 19.4. The molecule has 0 aliphatic heterocycles. The van der Waals surface area contributed by atoms with Crippen molar-refractivity contribution in [3.63, 3.8) is 0 Å². The second-order valence-corrected chi connectivity index (χ2v) is 6.00. The van der Waals surface area contributed by atoms with E-state index in [4.69, 9.17) is 0 Å². The molecule has 1 amide bonds. The van der Waals surface area contributed by atoms with Crippen molar-refractivity contribution in [1.82, 2.24) is 0 Å². The van der Waals surface area contributed by atoms with Gasteiger partial charge in [0, 0.05) is 17.3 Å². The number of hydrogen-bond acceptors (Lipinski definition) is 3. The predicted octanol–water partition coefficient (Wildman–Crippen LogP) is 5.67. The number of nitro benzene ring substituents is 1. The highest BCUT2D eigenvalue weighted by molar-refractivity contribution is 6.08. The van der Waals surface area contributed by atoms with Gasteiger partial charge in [-0.05, 0) is 41.5 Å². The molecule has 0 aromatic heterocycles. The van der Waals surface area contributed by atoms with E-state index >= 15 is 0 Å². The van der Waals surface area contributed by atoms with Crippen LogP contribution in [0.15, 0.2) is 66.7 Å². The van der Waals surface area contributed by atoms with Crippen LogP contribution in [0.2, 0.25) is 0 Å². The highest BCUT2D eigenvalue weighted by Gasteiger charge is 2.30. The Labute approximate surface area is 161 Å². The molecule has 5 nitrogen and oxygen atoms in total. The van der Waals surface area contributed by atoms with Gasteiger partial charge < -0.3 is 5.32 Å². The third-order valence-electron chi connectivity index (χ3n) is 4.10. The van der Waals surface area contributed by atoms with E-state index in [1.807, 2.05) is 0 Å². The summed E-state index contributed by atoms with van der Waals surface area (Å²) in [5.41, 5.74) is -0.714. The molecule has 3 aromatic carbocycles. The SMILES string of the molecule is O=C(Nc1ccc(F)c([N+](=O)[O-])c1)c1ccccc1-c1ccc(C(F)(F)F)cc1. The highest BCUT2D eigenvalue weighted by Crippen LogP contribution is 2.32. The predicted molar refractivity (Wildman–Crippen MR) is 97.9 cm³/mol.